The summed E-state index contributed by atoms with van der Waals surface area (Å²) in [4.78, 5) is 26.1. The summed E-state index contributed by atoms with van der Waals surface area (Å²) in [5.41, 5.74) is 3.45. The summed E-state index contributed by atoms with van der Waals surface area (Å²) in [6, 6.07) is 10.3. The van der Waals surface area contributed by atoms with E-state index < -0.39 is 5.41 Å². The Bertz CT molecular complexity index is 1110. The zero-order chi connectivity index (χ0) is 18.1. The minimum atomic E-state index is -0.533. The van der Waals surface area contributed by atoms with E-state index in [1.807, 2.05) is 32.2 Å². The fraction of sp³-hybridized carbons (Fsp3) is 0.286. The highest BCUT2D eigenvalue weighted by Gasteiger charge is 2.51. The maximum atomic E-state index is 13.3. The Labute approximate surface area is 156 Å². The van der Waals surface area contributed by atoms with Crippen molar-refractivity contribution < 1.29 is 4.79 Å². The van der Waals surface area contributed by atoms with Gasteiger partial charge in [-0.25, -0.2) is 4.99 Å². The second kappa shape index (κ2) is 5.24. The number of aryl methyl sites for hydroxylation is 1. The van der Waals surface area contributed by atoms with Crippen LogP contribution in [0.25, 0.3) is 10.9 Å². The van der Waals surface area contributed by atoms with Crippen LogP contribution in [0, 0.1) is 19.3 Å². The minimum absolute atomic E-state index is 0.226. The van der Waals surface area contributed by atoms with Gasteiger partial charge in [-0.05, 0) is 57.0 Å². The number of rotatable bonds is 1. The van der Waals surface area contributed by atoms with Gasteiger partial charge >= 0.3 is 0 Å². The largest absolute Gasteiger partial charge is 0.329 e. The van der Waals surface area contributed by atoms with Gasteiger partial charge in [0, 0.05) is 28.7 Å². The number of carbonyl (C=O) groups is 1. The third-order valence-corrected chi connectivity index (χ3v) is 6.89. The molecular weight excluding hydrogens is 342 g/mol. The molecule has 3 aromatic rings. The topological polar surface area (TPSA) is 45.6 Å². The van der Waals surface area contributed by atoms with Crippen LogP contribution >= 0.6 is 11.3 Å². The lowest BCUT2D eigenvalue weighted by molar-refractivity contribution is 0.0887. The normalized spacial score (nSPS) is 21.7. The number of Topliss-reactive ketones (excluding diaryl/α,β-unsaturated/α-hetero) is 1. The van der Waals surface area contributed by atoms with E-state index >= 15 is 0 Å². The molecule has 2 aliphatic rings. The average molecular weight is 361 g/mol. The van der Waals surface area contributed by atoms with Crippen molar-refractivity contribution in [1.29, 1.82) is 0 Å². The van der Waals surface area contributed by atoms with E-state index in [2.05, 4.69) is 35.0 Å². The molecule has 1 saturated heterocycles. The number of pyridine rings is 1. The SMILES string of the molecule is Cc1sc2c(c1C)C(=O)[C@]1(C)CCN(c3ccc4ncccc4c3)C1=N2. The van der Waals surface area contributed by atoms with Crippen molar-refractivity contribution in [1.82, 2.24) is 4.98 Å². The first-order valence-electron chi connectivity index (χ1n) is 8.85. The number of amidine groups is 1. The minimum Gasteiger partial charge on any atom is -0.329 e. The van der Waals surface area contributed by atoms with Crippen molar-refractivity contribution in [3.63, 3.8) is 0 Å². The van der Waals surface area contributed by atoms with Gasteiger partial charge in [-0.2, -0.15) is 0 Å². The molecular formula is C21H19N3OS. The Morgan fingerprint density at radius 1 is 1.23 bits per heavy atom. The lowest BCUT2D eigenvalue weighted by atomic mass is 9.78. The predicted molar refractivity (Wildman–Crippen MR) is 107 cm³/mol. The Balaban J connectivity index is 1.67. The van der Waals surface area contributed by atoms with Gasteiger partial charge in [0.25, 0.3) is 0 Å². The first kappa shape index (κ1) is 15.7. The standard InChI is InChI=1S/C21H19N3OS/c1-12-13(2)26-19-17(12)18(25)21(3)8-10-24(20(21)23-19)15-6-7-16-14(11-15)5-4-9-22-16/h4-7,9,11H,8,10H2,1-3H3/t21-/m0/s1. The molecule has 5 rings (SSSR count). The molecule has 4 nitrogen and oxygen atoms in total. The number of anilines is 1. The van der Waals surface area contributed by atoms with E-state index in [-0.39, 0.29) is 5.78 Å². The summed E-state index contributed by atoms with van der Waals surface area (Å²) in [7, 11) is 0. The van der Waals surface area contributed by atoms with Gasteiger partial charge < -0.3 is 4.90 Å². The second-order valence-electron chi connectivity index (χ2n) is 7.34. The third-order valence-electron chi connectivity index (χ3n) is 5.79. The maximum absolute atomic E-state index is 13.3. The van der Waals surface area contributed by atoms with Crippen LogP contribution < -0.4 is 4.90 Å². The Hall–Kier alpha value is -2.53. The highest BCUT2D eigenvalue weighted by atomic mass is 32.1. The monoisotopic (exact) mass is 361 g/mol. The molecule has 1 atom stereocenters. The van der Waals surface area contributed by atoms with Crippen LogP contribution in [0.1, 0.15) is 34.1 Å². The number of fused-ring (bicyclic) bond motifs is 3. The van der Waals surface area contributed by atoms with Crippen molar-refractivity contribution in [3.8, 4) is 0 Å². The quantitative estimate of drug-likeness (QED) is 0.609. The van der Waals surface area contributed by atoms with Crippen molar-refractivity contribution in [2.45, 2.75) is 27.2 Å². The van der Waals surface area contributed by atoms with Crippen molar-refractivity contribution in [2.24, 2.45) is 10.4 Å². The van der Waals surface area contributed by atoms with Gasteiger partial charge in [0.1, 0.15) is 10.8 Å². The molecule has 26 heavy (non-hydrogen) atoms. The van der Waals surface area contributed by atoms with Crippen LogP contribution in [-0.4, -0.2) is 23.1 Å². The van der Waals surface area contributed by atoms with Crippen LogP contribution in [0.15, 0.2) is 41.5 Å². The number of ketones is 1. The van der Waals surface area contributed by atoms with Crippen LogP contribution in [0.4, 0.5) is 10.7 Å². The van der Waals surface area contributed by atoms with E-state index in [1.165, 1.54) is 4.88 Å². The van der Waals surface area contributed by atoms with Gasteiger partial charge in [0.2, 0.25) is 0 Å². The number of nitrogens with zero attached hydrogens (tertiary/aromatic N) is 3. The summed E-state index contributed by atoms with van der Waals surface area (Å²) in [5, 5.41) is 1.97. The van der Waals surface area contributed by atoms with Gasteiger partial charge in [-0.15, -0.1) is 11.3 Å². The third kappa shape index (κ3) is 1.98. The number of carbonyl (C=O) groups excluding carboxylic acids is 1. The number of benzene rings is 1. The van der Waals surface area contributed by atoms with Crippen LogP contribution in [0.2, 0.25) is 0 Å². The van der Waals surface area contributed by atoms with E-state index in [0.717, 1.165) is 51.5 Å². The number of thiophene rings is 1. The summed E-state index contributed by atoms with van der Waals surface area (Å²) in [5.74, 6) is 1.11. The molecule has 2 aromatic heterocycles. The first-order valence-corrected chi connectivity index (χ1v) is 9.67. The number of hydrogen-bond acceptors (Lipinski definition) is 5. The fourth-order valence-corrected chi connectivity index (χ4v) is 5.08. The highest BCUT2D eigenvalue weighted by molar-refractivity contribution is 7.16. The Morgan fingerprint density at radius 3 is 2.92 bits per heavy atom. The van der Waals surface area contributed by atoms with Crippen molar-refractivity contribution >= 4 is 44.5 Å². The number of hydrogen-bond donors (Lipinski definition) is 0. The zero-order valence-electron chi connectivity index (χ0n) is 15.0. The fourth-order valence-electron chi connectivity index (χ4n) is 4.06. The van der Waals surface area contributed by atoms with Gasteiger partial charge in [0.15, 0.2) is 5.78 Å². The van der Waals surface area contributed by atoms with Gasteiger partial charge in [0.05, 0.1) is 16.5 Å². The molecule has 0 bridgehead atoms. The van der Waals surface area contributed by atoms with Crippen LogP contribution in [-0.2, 0) is 0 Å². The molecule has 0 aliphatic carbocycles. The summed E-state index contributed by atoms with van der Waals surface area (Å²) in [6.07, 6.45) is 2.60. The molecule has 0 spiro atoms. The van der Waals surface area contributed by atoms with Crippen LogP contribution in [0.5, 0.6) is 0 Å². The van der Waals surface area contributed by atoms with E-state index in [9.17, 15) is 4.79 Å². The molecule has 2 aliphatic heterocycles. The smallest absolute Gasteiger partial charge is 0.179 e. The lowest BCUT2D eigenvalue weighted by Crippen LogP contribution is -2.40. The Morgan fingerprint density at radius 2 is 2.08 bits per heavy atom. The van der Waals surface area contributed by atoms with E-state index in [0.29, 0.717) is 0 Å². The summed E-state index contributed by atoms with van der Waals surface area (Å²) >= 11 is 1.62. The zero-order valence-corrected chi connectivity index (χ0v) is 15.9. The molecule has 130 valence electrons. The number of aliphatic imine (C=N–C) groups is 1. The molecule has 1 aromatic carbocycles. The van der Waals surface area contributed by atoms with Crippen molar-refractivity contribution in [2.75, 3.05) is 11.4 Å². The molecule has 0 radical (unpaired) electrons. The first-order chi connectivity index (χ1) is 12.5. The predicted octanol–water partition coefficient (Wildman–Crippen LogP) is 5.06. The van der Waals surface area contributed by atoms with Gasteiger partial charge in [-0.3, -0.25) is 9.78 Å². The average Bonchev–Trinajstić information content (AvgIpc) is 3.13. The molecule has 0 amide bonds. The maximum Gasteiger partial charge on any atom is 0.179 e. The molecule has 4 heterocycles. The van der Waals surface area contributed by atoms with Crippen LogP contribution in [0.3, 0.4) is 0 Å². The van der Waals surface area contributed by atoms with Crippen molar-refractivity contribution in [3.05, 3.63) is 52.5 Å². The molecule has 0 saturated carbocycles. The van der Waals surface area contributed by atoms with E-state index in [1.54, 1.807) is 11.3 Å². The number of aromatic nitrogens is 1. The summed E-state index contributed by atoms with van der Waals surface area (Å²) < 4.78 is 0. The van der Waals surface area contributed by atoms with E-state index in [4.69, 9.17) is 4.99 Å². The second-order valence-corrected chi connectivity index (χ2v) is 8.55. The molecule has 1 fully saturated rings. The van der Waals surface area contributed by atoms with Gasteiger partial charge in [-0.1, -0.05) is 6.07 Å². The molecule has 0 N–H and O–H groups in total. The highest BCUT2D eigenvalue weighted by Crippen LogP contribution is 2.48. The molecule has 5 heteroatoms. The lowest BCUT2D eigenvalue weighted by Gasteiger charge is -2.30. The Kier molecular flexibility index (Phi) is 3.16. The molecule has 0 unspecified atom stereocenters. The summed E-state index contributed by atoms with van der Waals surface area (Å²) in [6.45, 7) is 6.96.